The zero-order chi connectivity index (χ0) is 20.9. The highest BCUT2D eigenvalue weighted by molar-refractivity contribution is 9.10. The number of benzene rings is 2. The number of hydrogen-bond acceptors (Lipinski definition) is 5. The average molecular weight is 462 g/mol. The summed E-state index contributed by atoms with van der Waals surface area (Å²) in [6.07, 6.45) is 5.30. The van der Waals surface area contributed by atoms with Gasteiger partial charge in [0, 0.05) is 37.1 Å². The first-order valence-electron chi connectivity index (χ1n) is 9.77. The minimum atomic E-state index is 0.0241. The molecule has 6 nitrogen and oxygen atoms in total. The lowest BCUT2D eigenvalue weighted by Gasteiger charge is -2.26. The lowest BCUT2D eigenvalue weighted by Crippen LogP contribution is -2.39. The van der Waals surface area contributed by atoms with Crippen molar-refractivity contribution in [3.63, 3.8) is 0 Å². The monoisotopic (exact) mass is 461 g/mol. The minimum absolute atomic E-state index is 0.0241. The van der Waals surface area contributed by atoms with Crippen LogP contribution in [0.25, 0.3) is 11.1 Å². The molecule has 4 rings (SSSR count). The molecule has 1 aromatic heterocycles. The zero-order valence-corrected chi connectivity index (χ0v) is 17.8. The van der Waals surface area contributed by atoms with Crippen molar-refractivity contribution in [2.75, 3.05) is 18.4 Å². The number of amides is 1. The van der Waals surface area contributed by atoms with Crippen molar-refractivity contribution >= 4 is 27.8 Å². The number of nitriles is 1. The molecular weight excluding hydrogens is 442 g/mol. The van der Waals surface area contributed by atoms with E-state index in [1.165, 1.54) is 0 Å². The van der Waals surface area contributed by atoms with Crippen LogP contribution in [0.1, 0.15) is 28.8 Å². The fourth-order valence-corrected chi connectivity index (χ4v) is 3.93. The van der Waals surface area contributed by atoms with Crippen LogP contribution in [0.4, 0.5) is 5.95 Å². The van der Waals surface area contributed by atoms with Gasteiger partial charge in [0.15, 0.2) is 0 Å². The molecule has 3 aromatic rings. The van der Waals surface area contributed by atoms with Crippen LogP contribution in [0.2, 0.25) is 0 Å². The minimum Gasteiger partial charge on any atom is -0.352 e. The number of rotatable bonds is 5. The lowest BCUT2D eigenvalue weighted by atomic mass is 9.98. The fraction of sp³-hybridized carbons (Fsp3) is 0.217. The van der Waals surface area contributed by atoms with Gasteiger partial charge in [-0.05, 0) is 58.1 Å². The number of carbonyl (C=O) groups excluding carboxylic acids is 1. The maximum atomic E-state index is 13.4. The van der Waals surface area contributed by atoms with Crippen LogP contribution in [0.15, 0.2) is 65.4 Å². The van der Waals surface area contributed by atoms with Crippen molar-refractivity contribution in [3.8, 4) is 17.2 Å². The zero-order valence-electron chi connectivity index (χ0n) is 16.3. The largest absolute Gasteiger partial charge is 0.352 e. The number of nitrogens with zero attached hydrogens (tertiary/aromatic N) is 4. The number of anilines is 1. The normalized spacial score (nSPS) is 15.6. The second-order valence-electron chi connectivity index (χ2n) is 7.14. The summed E-state index contributed by atoms with van der Waals surface area (Å²) in [5, 5.41) is 12.3. The number of likely N-dealkylation sites (tertiary alicyclic amines) is 1. The van der Waals surface area contributed by atoms with Gasteiger partial charge in [0.1, 0.15) is 0 Å². The Hall–Kier alpha value is -3.24. The predicted octanol–water partition coefficient (Wildman–Crippen LogP) is 4.49. The molecule has 1 amide bonds. The third kappa shape index (κ3) is 4.34. The Kier molecular flexibility index (Phi) is 6.05. The Labute approximate surface area is 183 Å². The van der Waals surface area contributed by atoms with Crippen molar-refractivity contribution in [2.24, 2.45) is 0 Å². The van der Waals surface area contributed by atoms with E-state index < -0.39 is 0 Å². The Morgan fingerprint density at radius 2 is 1.90 bits per heavy atom. The molecule has 2 aromatic carbocycles. The smallest absolute Gasteiger partial charge is 0.254 e. The van der Waals surface area contributed by atoms with Gasteiger partial charge < -0.3 is 10.2 Å². The fourth-order valence-electron chi connectivity index (χ4n) is 3.73. The van der Waals surface area contributed by atoms with Gasteiger partial charge in [0.05, 0.1) is 16.1 Å². The van der Waals surface area contributed by atoms with Crippen LogP contribution >= 0.6 is 15.9 Å². The van der Waals surface area contributed by atoms with Crippen LogP contribution in [-0.4, -0.2) is 39.9 Å². The summed E-state index contributed by atoms with van der Waals surface area (Å²) in [6, 6.07) is 17.2. The van der Waals surface area contributed by atoms with Gasteiger partial charge in [-0.15, -0.1) is 0 Å². The summed E-state index contributed by atoms with van der Waals surface area (Å²) in [6.45, 7) is 1.33. The van der Waals surface area contributed by atoms with Gasteiger partial charge in [0.2, 0.25) is 5.95 Å². The Morgan fingerprint density at radius 1 is 1.17 bits per heavy atom. The van der Waals surface area contributed by atoms with Crippen molar-refractivity contribution < 1.29 is 4.79 Å². The van der Waals surface area contributed by atoms with Crippen molar-refractivity contribution in [2.45, 2.75) is 18.9 Å². The van der Waals surface area contributed by atoms with Gasteiger partial charge in [-0.1, -0.05) is 30.3 Å². The van der Waals surface area contributed by atoms with E-state index in [4.69, 9.17) is 5.26 Å². The second kappa shape index (κ2) is 9.06. The third-order valence-corrected chi connectivity index (χ3v) is 5.65. The van der Waals surface area contributed by atoms with E-state index in [1.54, 1.807) is 24.5 Å². The number of nitrogens with one attached hydrogen (secondary N) is 1. The van der Waals surface area contributed by atoms with E-state index in [-0.39, 0.29) is 11.9 Å². The number of aromatic nitrogens is 2. The molecule has 1 fully saturated rings. The standard InChI is InChI=1S/C23H20BrN5O/c24-18-13-26-23(27-14-18)28-15-19-4-3-11-29(19)22(30)21-6-2-1-5-20(21)17-9-7-16(12-25)8-10-17/h1-2,5-10,13-14,19H,3-4,11,15H2,(H,26,27,28)/t19-/m0/s1. The average Bonchev–Trinajstić information content (AvgIpc) is 3.27. The van der Waals surface area contributed by atoms with Gasteiger partial charge in [0.25, 0.3) is 5.91 Å². The Morgan fingerprint density at radius 3 is 2.63 bits per heavy atom. The van der Waals surface area contributed by atoms with E-state index in [9.17, 15) is 4.79 Å². The topological polar surface area (TPSA) is 81.9 Å². The molecule has 1 aliphatic heterocycles. The Bertz CT molecular complexity index is 1080. The molecule has 0 spiro atoms. The van der Waals surface area contributed by atoms with Gasteiger partial charge in [-0.2, -0.15) is 5.26 Å². The summed E-state index contributed by atoms with van der Waals surface area (Å²) in [4.78, 5) is 23.9. The molecule has 1 aliphatic rings. The highest BCUT2D eigenvalue weighted by Gasteiger charge is 2.30. The van der Waals surface area contributed by atoms with Crippen LogP contribution in [0.5, 0.6) is 0 Å². The molecule has 0 aliphatic carbocycles. The van der Waals surface area contributed by atoms with Gasteiger partial charge in [-0.3, -0.25) is 4.79 Å². The highest BCUT2D eigenvalue weighted by atomic mass is 79.9. The highest BCUT2D eigenvalue weighted by Crippen LogP contribution is 2.28. The molecule has 2 heterocycles. The number of halogens is 1. The van der Waals surface area contributed by atoms with Gasteiger partial charge in [-0.25, -0.2) is 9.97 Å². The van der Waals surface area contributed by atoms with Crippen LogP contribution in [0, 0.1) is 11.3 Å². The van der Waals surface area contributed by atoms with E-state index in [1.807, 2.05) is 41.3 Å². The molecule has 1 N–H and O–H groups in total. The molecule has 0 unspecified atom stereocenters. The van der Waals surface area contributed by atoms with E-state index in [0.717, 1.165) is 35.0 Å². The molecule has 1 saturated heterocycles. The van der Waals surface area contributed by atoms with E-state index in [0.29, 0.717) is 23.6 Å². The molecule has 0 bridgehead atoms. The Balaban J connectivity index is 1.53. The van der Waals surface area contributed by atoms with E-state index >= 15 is 0 Å². The first-order valence-corrected chi connectivity index (χ1v) is 10.6. The summed E-state index contributed by atoms with van der Waals surface area (Å²) < 4.78 is 0.824. The predicted molar refractivity (Wildman–Crippen MR) is 119 cm³/mol. The van der Waals surface area contributed by atoms with E-state index in [2.05, 4.69) is 37.3 Å². The first-order chi connectivity index (χ1) is 14.7. The number of carbonyl (C=O) groups is 1. The number of hydrogen-bond donors (Lipinski definition) is 1. The summed E-state index contributed by atoms with van der Waals surface area (Å²) in [5.74, 6) is 0.575. The van der Waals surface area contributed by atoms with Crippen LogP contribution in [-0.2, 0) is 0 Å². The van der Waals surface area contributed by atoms with Crippen LogP contribution < -0.4 is 5.32 Å². The molecule has 0 radical (unpaired) electrons. The van der Waals surface area contributed by atoms with Crippen molar-refractivity contribution in [3.05, 3.63) is 76.5 Å². The molecule has 150 valence electrons. The maximum absolute atomic E-state index is 13.4. The molecular formula is C23H20BrN5O. The van der Waals surface area contributed by atoms with Gasteiger partial charge >= 0.3 is 0 Å². The van der Waals surface area contributed by atoms with Crippen molar-refractivity contribution in [1.29, 1.82) is 5.26 Å². The third-order valence-electron chi connectivity index (χ3n) is 5.24. The summed E-state index contributed by atoms with van der Waals surface area (Å²) in [5.41, 5.74) is 3.08. The van der Waals surface area contributed by atoms with Crippen LogP contribution in [0.3, 0.4) is 0 Å². The molecule has 1 atom stereocenters. The first kappa shape index (κ1) is 20.0. The quantitative estimate of drug-likeness (QED) is 0.604. The molecule has 0 saturated carbocycles. The SMILES string of the molecule is N#Cc1ccc(-c2ccccc2C(=O)N2CCC[C@H]2CNc2ncc(Br)cn2)cc1. The molecule has 7 heteroatoms. The maximum Gasteiger partial charge on any atom is 0.254 e. The molecule has 30 heavy (non-hydrogen) atoms. The lowest BCUT2D eigenvalue weighted by molar-refractivity contribution is 0.0744. The van der Waals surface area contributed by atoms with Crippen molar-refractivity contribution in [1.82, 2.24) is 14.9 Å². The summed E-state index contributed by atoms with van der Waals surface area (Å²) in [7, 11) is 0. The second-order valence-corrected chi connectivity index (χ2v) is 8.05. The summed E-state index contributed by atoms with van der Waals surface area (Å²) >= 11 is 3.33.